The minimum atomic E-state index is -4.43. The summed E-state index contributed by atoms with van der Waals surface area (Å²) in [6, 6.07) is 11.4. The fourth-order valence-electron chi connectivity index (χ4n) is 4.59. The summed E-state index contributed by atoms with van der Waals surface area (Å²) in [4.78, 5) is 25.4. The molecule has 2 aromatic rings. The minimum absolute atomic E-state index is 0.0423. The minimum Gasteiger partial charge on any atom is -0.358 e. The third-order valence-electron chi connectivity index (χ3n) is 6.57. The zero-order valence-corrected chi connectivity index (χ0v) is 19.1. The van der Waals surface area contributed by atoms with E-state index in [9.17, 15) is 31.2 Å². The molecular formula is C23H24F3N3O4S. The monoisotopic (exact) mass is 495 g/mol. The van der Waals surface area contributed by atoms with Crippen LogP contribution >= 0.6 is 0 Å². The van der Waals surface area contributed by atoms with E-state index in [1.54, 1.807) is 18.2 Å². The van der Waals surface area contributed by atoms with Gasteiger partial charge in [0.25, 0.3) is 0 Å². The maximum Gasteiger partial charge on any atom is 0.416 e. The van der Waals surface area contributed by atoms with Gasteiger partial charge in [0.2, 0.25) is 21.8 Å². The zero-order valence-electron chi connectivity index (χ0n) is 18.3. The average Bonchev–Trinajstić information content (AvgIpc) is 3.38. The van der Waals surface area contributed by atoms with Crippen molar-refractivity contribution in [1.29, 1.82) is 0 Å². The molecule has 2 aromatic carbocycles. The second-order valence-electron chi connectivity index (χ2n) is 8.73. The number of nitrogens with zero attached hydrogens (tertiary/aromatic N) is 1. The highest BCUT2D eigenvalue weighted by molar-refractivity contribution is 7.89. The normalized spacial score (nSPS) is 24.7. The van der Waals surface area contributed by atoms with Crippen molar-refractivity contribution in [3.63, 3.8) is 0 Å². The van der Waals surface area contributed by atoms with Crippen molar-refractivity contribution in [2.45, 2.75) is 36.5 Å². The Balaban J connectivity index is 1.45. The van der Waals surface area contributed by atoms with Crippen molar-refractivity contribution in [2.24, 2.45) is 11.3 Å². The lowest BCUT2D eigenvalue weighted by Crippen LogP contribution is -2.44. The number of carbonyl (C=O) groups is 2. The Bertz CT molecular complexity index is 1190. The molecule has 2 amide bonds. The van der Waals surface area contributed by atoms with Gasteiger partial charge in [-0.25, -0.2) is 8.42 Å². The predicted octanol–water partition coefficient (Wildman–Crippen LogP) is 2.54. The van der Waals surface area contributed by atoms with Crippen molar-refractivity contribution in [3.05, 3.63) is 65.7 Å². The van der Waals surface area contributed by atoms with Gasteiger partial charge in [0.05, 0.1) is 10.5 Å². The number of likely N-dealkylation sites (N-methyl/N-ethyl adjacent to an activating group) is 1. The van der Waals surface area contributed by atoms with E-state index in [0.29, 0.717) is 12.0 Å². The van der Waals surface area contributed by atoms with Crippen LogP contribution in [0.2, 0.25) is 0 Å². The molecule has 1 aliphatic heterocycles. The molecular weight excluding hydrogens is 471 g/mol. The van der Waals surface area contributed by atoms with Gasteiger partial charge in [-0.1, -0.05) is 30.3 Å². The molecule has 1 saturated carbocycles. The van der Waals surface area contributed by atoms with Crippen LogP contribution < -0.4 is 10.6 Å². The summed E-state index contributed by atoms with van der Waals surface area (Å²) in [5.74, 6) is -1.23. The molecule has 1 heterocycles. The molecule has 1 aliphatic carbocycles. The Hall–Kier alpha value is -2.92. The summed E-state index contributed by atoms with van der Waals surface area (Å²) in [5.41, 5.74) is -0.905. The van der Waals surface area contributed by atoms with Crippen molar-refractivity contribution < 1.29 is 31.2 Å². The van der Waals surface area contributed by atoms with Gasteiger partial charge in [0, 0.05) is 26.1 Å². The first-order valence-corrected chi connectivity index (χ1v) is 12.1. The molecule has 7 nitrogen and oxygen atoms in total. The number of benzene rings is 2. The quantitative estimate of drug-likeness (QED) is 0.644. The molecule has 182 valence electrons. The summed E-state index contributed by atoms with van der Waals surface area (Å²) in [5, 5.41) is 5.23. The van der Waals surface area contributed by atoms with E-state index in [0.717, 1.165) is 12.1 Å². The van der Waals surface area contributed by atoms with Crippen LogP contribution in [0.4, 0.5) is 13.2 Å². The SMILES string of the molecule is CNC(=O)[C@@H]1C[C@@]2(C[C@@H]2C(=O)NCc2ccc(C(F)(F)F)cc2)CN1S(=O)(=O)c1ccccc1. The van der Waals surface area contributed by atoms with Crippen molar-refractivity contribution in [3.8, 4) is 0 Å². The molecule has 2 N–H and O–H groups in total. The van der Waals surface area contributed by atoms with Crippen molar-refractivity contribution in [2.75, 3.05) is 13.6 Å². The van der Waals surface area contributed by atoms with Gasteiger partial charge in [0.1, 0.15) is 6.04 Å². The second kappa shape index (κ2) is 8.70. The Morgan fingerprint density at radius 1 is 1.03 bits per heavy atom. The molecule has 34 heavy (non-hydrogen) atoms. The third kappa shape index (κ3) is 4.54. The molecule has 2 aliphatic rings. The summed E-state index contributed by atoms with van der Waals surface area (Å²) in [7, 11) is -2.51. The van der Waals surface area contributed by atoms with E-state index in [1.807, 2.05) is 0 Å². The molecule has 0 unspecified atom stereocenters. The molecule has 1 saturated heterocycles. The summed E-state index contributed by atoms with van der Waals surface area (Å²) in [6.45, 7) is 0.0924. The lowest BCUT2D eigenvalue weighted by molar-refractivity contribution is -0.137. The smallest absolute Gasteiger partial charge is 0.358 e. The predicted molar refractivity (Wildman–Crippen MR) is 117 cm³/mol. The van der Waals surface area contributed by atoms with Crippen LogP contribution in [-0.4, -0.2) is 44.2 Å². The number of nitrogens with one attached hydrogen (secondary N) is 2. The van der Waals surface area contributed by atoms with Crippen LogP contribution in [0.3, 0.4) is 0 Å². The number of sulfonamides is 1. The Morgan fingerprint density at radius 3 is 2.26 bits per heavy atom. The first-order valence-electron chi connectivity index (χ1n) is 10.7. The highest BCUT2D eigenvalue weighted by Crippen LogP contribution is 2.61. The molecule has 11 heteroatoms. The van der Waals surface area contributed by atoms with Gasteiger partial charge < -0.3 is 10.6 Å². The topological polar surface area (TPSA) is 95.6 Å². The molecule has 0 bridgehead atoms. The van der Waals surface area contributed by atoms with Gasteiger partial charge >= 0.3 is 6.18 Å². The van der Waals surface area contributed by atoms with Crippen molar-refractivity contribution in [1.82, 2.24) is 14.9 Å². The summed E-state index contributed by atoms with van der Waals surface area (Å²) < 4.78 is 65.8. The molecule has 0 aromatic heterocycles. The number of amides is 2. The van der Waals surface area contributed by atoms with Gasteiger partial charge in [-0.3, -0.25) is 9.59 Å². The van der Waals surface area contributed by atoms with Crippen LogP contribution in [0.5, 0.6) is 0 Å². The van der Waals surface area contributed by atoms with Crippen LogP contribution in [0.15, 0.2) is 59.5 Å². The van der Waals surface area contributed by atoms with E-state index in [4.69, 9.17) is 0 Å². The number of hydrogen-bond donors (Lipinski definition) is 2. The number of rotatable bonds is 6. The van der Waals surface area contributed by atoms with Crippen LogP contribution in [-0.2, 0) is 32.3 Å². The first-order chi connectivity index (χ1) is 16.0. The number of carbonyl (C=O) groups excluding carboxylic acids is 2. The lowest BCUT2D eigenvalue weighted by atomic mass is 9.99. The molecule has 1 spiro atoms. The van der Waals surface area contributed by atoms with Gasteiger partial charge in [0.15, 0.2) is 0 Å². The fraction of sp³-hybridized carbons (Fsp3) is 0.391. The number of hydrogen-bond acceptors (Lipinski definition) is 4. The van der Waals surface area contributed by atoms with Gasteiger partial charge in [-0.15, -0.1) is 0 Å². The second-order valence-corrected chi connectivity index (χ2v) is 10.6. The Labute approximate surface area is 195 Å². The summed E-state index contributed by atoms with van der Waals surface area (Å²) >= 11 is 0. The lowest BCUT2D eigenvalue weighted by Gasteiger charge is -2.22. The Kier molecular flexibility index (Phi) is 6.19. The average molecular weight is 496 g/mol. The van der Waals surface area contributed by atoms with Gasteiger partial charge in [-0.05, 0) is 48.1 Å². The van der Waals surface area contributed by atoms with Crippen molar-refractivity contribution >= 4 is 21.8 Å². The third-order valence-corrected chi connectivity index (χ3v) is 8.44. The maximum atomic E-state index is 13.2. The number of halogens is 3. The molecule has 2 fully saturated rings. The number of alkyl halides is 3. The van der Waals surface area contributed by atoms with Crippen LogP contribution in [0.25, 0.3) is 0 Å². The zero-order chi connectivity index (χ0) is 24.7. The van der Waals surface area contributed by atoms with E-state index < -0.39 is 45.0 Å². The van der Waals surface area contributed by atoms with E-state index >= 15 is 0 Å². The van der Waals surface area contributed by atoms with E-state index in [2.05, 4.69) is 10.6 Å². The summed E-state index contributed by atoms with van der Waals surface area (Å²) in [6.07, 6.45) is -3.78. The first kappa shape index (κ1) is 24.2. The highest BCUT2D eigenvalue weighted by atomic mass is 32.2. The van der Waals surface area contributed by atoms with Crippen LogP contribution in [0, 0.1) is 11.3 Å². The molecule has 3 atom stereocenters. The van der Waals surface area contributed by atoms with E-state index in [1.165, 1.54) is 35.6 Å². The van der Waals surface area contributed by atoms with Gasteiger partial charge in [-0.2, -0.15) is 17.5 Å². The van der Waals surface area contributed by atoms with Crippen LogP contribution in [0.1, 0.15) is 24.0 Å². The molecule has 4 rings (SSSR count). The standard InChI is InChI=1S/C23H24F3N3O4S/c1-27-21(31)19-12-22(14-29(19)34(32,33)17-5-3-2-4-6-17)11-18(22)20(30)28-13-15-7-9-16(10-8-15)23(24,25)26/h2-10,18-19H,11-14H2,1H3,(H,27,31)(H,28,30)/t18-,19+,22+/m1/s1. The maximum absolute atomic E-state index is 13.2. The largest absolute Gasteiger partial charge is 0.416 e. The fourth-order valence-corrected chi connectivity index (χ4v) is 6.29. The highest BCUT2D eigenvalue weighted by Gasteiger charge is 2.66. The van der Waals surface area contributed by atoms with E-state index in [-0.39, 0.29) is 30.3 Å². The Morgan fingerprint density at radius 2 is 1.68 bits per heavy atom. The molecule has 0 radical (unpaired) electrons.